The Labute approximate surface area is 249 Å². The van der Waals surface area contributed by atoms with Gasteiger partial charge in [-0.1, -0.05) is 85.3 Å². The Morgan fingerprint density at radius 3 is 2.40 bits per heavy atom. The van der Waals surface area contributed by atoms with Gasteiger partial charge in [-0.3, -0.25) is 9.69 Å². The van der Waals surface area contributed by atoms with E-state index in [9.17, 15) is 13.2 Å². The second-order valence-corrected chi connectivity index (χ2v) is 13.4. The van der Waals surface area contributed by atoms with Crippen LogP contribution in [0.5, 0.6) is 0 Å². The van der Waals surface area contributed by atoms with E-state index in [0.717, 1.165) is 42.1 Å². The summed E-state index contributed by atoms with van der Waals surface area (Å²) >= 11 is 0. The molecule has 4 aromatic carbocycles. The fourth-order valence-electron chi connectivity index (χ4n) is 6.43. The summed E-state index contributed by atoms with van der Waals surface area (Å²) in [4.78, 5) is 16.2. The van der Waals surface area contributed by atoms with Crippen LogP contribution in [0.15, 0.2) is 95.9 Å². The first-order chi connectivity index (χ1) is 20.4. The number of nitrogens with zero attached hydrogens (tertiary/aromatic N) is 1. The molecule has 0 unspecified atom stereocenters. The molecular weight excluding hydrogens is 542 g/mol. The monoisotopic (exact) mass is 581 g/mol. The number of hydrogen-bond acceptors (Lipinski definition) is 4. The molecule has 1 amide bonds. The van der Waals surface area contributed by atoms with Gasteiger partial charge in [-0.25, -0.2) is 13.1 Å². The molecule has 0 radical (unpaired) electrons. The Morgan fingerprint density at radius 2 is 1.60 bits per heavy atom. The van der Waals surface area contributed by atoms with E-state index in [1.165, 1.54) is 49.0 Å². The third kappa shape index (κ3) is 6.75. The fourth-order valence-corrected chi connectivity index (χ4v) is 7.69. The summed E-state index contributed by atoms with van der Waals surface area (Å²) in [5.41, 5.74) is 4.60. The van der Waals surface area contributed by atoms with Crippen LogP contribution in [0.1, 0.15) is 72.9 Å². The van der Waals surface area contributed by atoms with E-state index in [2.05, 4.69) is 33.1 Å². The summed E-state index contributed by atoms with van der Waals surface area (Å²) in [6.07, 6.45) is 6.81. The average Bonchev–Trinajstić information content (AvgIpc) is 3.01. The smallest absolute Gasteiger partial charge is 0.241 e. The number of fused-ring (bicyclic) bond motifs is 2. The predicted molar refractivity (Wildman–Crippen MR) is 167 cm³/mol. The molecule has 7 heteroatoms. The number of likely N-dealkylation sites (tertiary alicyclic amines) is 1. The van der Waals surface area contributed by atoms with Crippen molar-refractivity contribution in [2.75, 3.05) is 13.1 Å². The van der Waals surface area contributed by atoms with Gasteiger partial charge in [0.2, 0.25) is 15.9 Å². The molecule has 1 aliphatic carbocycles. The van der Waals surface area contributed by atoms with Gasteiger partial charge >= 0.3 is 0 Å². The molecular formula is C35H39N3O3S. The number of carbonyl (C=O) groups excluding carboxylic acids is 1. The summed E-state index contributed by atoms with van der Waals surface area (Å²) in [6.45, 7) is 3.33. The van der Waals surface area contributed by atoms with Crippen LogP contribution in [0.3, 0.4) is 0 Å². The van der Waals surface area contributed by atoms with Gasteiger partial charge in [-0.2, -0.15) is 0 Å². The molecule has 2 aliphatic rings. The van der Waals surface area contributed by atoms with Crippen molar-refractivity contribution in [3.05, 3.63) is 113 Å². The lowest BCUT2D eigenvalue weighted by Crippen LogP contribution is -2.36. The number of benzene rings is 4. The highest BCUT2D eigenvalue weighted by Crippen LogP contribution is 2.32. The van der Waals surface area contributed by atoms with Gasteiger partial charge in [0, 0.05) is 13.0 Å². The molecule has 0 aromatic heterocycles. The first kappa shape index (κ1) is 28.6. The molecule has 0 spiro atoms. The van der Waals surface area contributed by atoms with E-state index >= 15 is 0 Å². The lowest BCUT2D eigenvalue weighted by atomic mass is 9.86. The lowest BCUT2D eigenvalue weighted by Gasteiger charge is -2.29. The molecule has 4 aromatic rings. The minimum absolute atomic E-state index is 0.00962. The van der Waals surface area contributed by atoms with Gasteiger partial charge in [0.05, 0.1) is 17.0 Å². The molecule has 1 fully saturated rings. The van der Waals surface area contributed by atoms with Gasteiger partial charge in [0.25, 0.3) is 0 Å². The van der Waals surface area contributed by atoms with E-state index < -0.39 is 16.1 Å². The SMILES string of the molecule is O=C(C[C@@H](NS(=O)(=O)c1ccc2ccccc2c1)c1ccccc1)N[C@@H]1CCCc2cc(CN3CCCCC3)ccc21. The number of aryl methyl sites for hydroxylation is 1. The number of amides is 1. The highest BCUT2D eigenvalue weighted by molar-refractivity contribution is 7.89. The standard InChI is InChI=1S/C35H39N3O3S/c39-35(36-33-15-9-14-30-22-26(16-19-32(30)33)25-38-20-7-2-8-21-38)24-34(28-11-3-1-4-12-28)37-42(40,41)31-18-17-27-10-5-6-13-29(27)23-31/h1,3-6,10-13,16-19,22-23,33-34,37H,2,7-9,14-15,20-21,24-25H2,(H,36,39)/t33-,34-/m1/s1. The maximum absolute atomic E-state index is 13.5. The van der Waals surface area contributed by atoms with E-state index in [-0.39, 0.29) is 23.3 Å². The van der Waals surface area contributed by atoms with Crippen molar-refractivity contribution >= 4 is 26.7 Å². The normalized spacial score (nSPS) is 18.3. The minimum Gasteiger partial charge on any atom is -0.349 e. The van der Waals surface area contributed by atoms with Gasteiger partial charge < -0.3 is 5.32 Å². The zero-order chi connectivity index (χ0) is 28.9. The summed E-state index contributed by atoms with van der Waals surface area (Å²) < 4.78 is 29.9. The van der Waals surface area contributed by atoms with Crippen molar-refractivity contribution in [2.45, 2.75) is 68.5 Å². The van der Waals surface area contributed by atoms with E-state index in [0.29, 0.717) is 0 Å². The van der Waals surface area contributed by atoms with Gasteiger partial charge in [0.15, 0.2) is 0 Å². The Bertz CT molecular complexity index is 1650. The maximum atomic E-state index is 13.5. The summed E-state index contributed by atoms with van der Waals surface area (Å²) in [5.74, 6) is -0.166. The van der Waals surface area contributed by atoms with E-state index in [1.54, 1.807) is 12.1 Å². The topological polar surface area (TPSA) is 78.5 Å². The number of piperidine rings is 1. The van der Waals surface area contributed by atoms with Crippen molar-refractivity contribution in [3.63, 3.8) is 0 Å². The van der Waals surface area contributed by atoms with Gasteiger partial charge in [-0.05, 0) is 90.4 Å². The van der Waals surface area contributed by atoms with E-state index in [4.69, 9.17) is 0 Å². The fraction of sp³-hybridized carbons (Fsp3) is 0.343. The van der Waals surface area contributed by atoms with Crippen LogP contribution in [0.25, 0.3) is 10.8 Å². The number of nitrogens with one attached hydrogen (secondary N) is 2. The van der Waals surface area contributed by atoms with Crippen molar-refractivity contribution in [3.8, 4) is 0 Å². The van der Waals surface area contributed by atoms with Crippen molar-refractivity contribution in [1.82, 2.24) is 14.9 Å². The molecule has 1 aliphatic heterocycles. The predicted octanol–water partition coefficient (Wildman–Crippen LogP) is 6.43. The molecule has 1 saturated heterocycles. The Morgan fingerprint density at radius 1 is 0.833 bits per heavy atom. The average molecular weight is 582 g/mol. The van der Waals surface area contributed by atoms with Crippen LogP contribution in [0.4, 0.5) is 0 Å². The second kappa shape index (κ2) is 12.8. The summed E-state index contributed by atoms with van der Waals surface area (Å²) in [7, 11) is -3.88. The molecule has 218 valence electrons. The Balaban J connectivity index is 1.17. The molecule has 0 bridgehead atoms. The molecule has 6 nitrogen and oxygen atoms in total. The zero-order valence-electron chi connectivity index (χ0n) is 24.0. The highest BCUT2D eigenvalue weighted by atomic mass is 32.2. The highest BCUT2D eigenvalue weighted by Gasteiger charge is 2.27. The molecule has 42 heavy (non-hydrogen) atoms. The second-order valence-electron chi connectivity index (χ2n) is 11.7. The van der Waals surface area contributed by atoms with Crippen molar-refractivity contribution in [1.29, 1.82) is 0 Å². The Hall–Kier alpha value is -3.52. The number of carbonyl (C=O) groups is 1. The van der Waals surface area contributed by atoms with Gasteiger partial charge in [0.1, 0.15) is 0 Å². The molecule has 0 saturated carbocycles. The van der Waals surface area contributed by atoms with Crippen LogP contribution >= 0.6 is 0 Å². The largest absolute Gasteiger partial charge is 0.349 e. The van der Waals surface area contributed by atoms with Crippen molar-refractivity contribution in [2.24, 2.45) is 0 Å². The zero-order valence-corrected chi connectivity index (χ0v) is 24.8. The summed E-state index contributed by atoms with van der Waals surface area (Å²) in [6, 6.07) is 28.1. The molecule has 2 atom stereocenters. The Kier molecular flexibility index (Phi) is 8.70. The number of sulfonamides is 1. The van der Waals surface area contributed by atoms with Crippen LogP contribution < -0.4 is 10.0 Å². The van der Waals surface area contributed by atoms with Crippen LogP contribution in [-0.4, -0.2) is 32.3 Å². The third-order valence-electron chi connectivity index (χ3n) is 8.63. The third-order valence-corrected chi connectivity index (χ3v) is 10.1. The first-order valence-electron chi connectivity index (χ1n) is 15.1. The van der Waals surface area contributed by atoms with Gasteiger partial charge in [-0.15, -0.1) is 0 Å². The first-order valence-corrected chi connectivity index (χ1v) is 16.6. The van der Waals surface area contributed by atoms with Crippen LogP contribution in [-0.2, 0) is 27.8 Å². The molecule has 6 rings (SSSR count). The minimum atomic E-state index is -3.88. The summed E-state index contributed by atoms with van der Waals surface area (Å²) in [5, 5.41) is 5.07. The van der Waals surface area contributed by atoms with E-state index in [1.807, 2.05) is 60.7 Å². The van der Waals surface area contributed by atoms with Crippen LogP contribution in [0.2, 0.25) is 0 Å². The molecule has 2 N–H and O–H groups in total. The van der Waals surface area contributed by atoms with Crippen molar-refractivity contribution < 1.29 is 13.2 Å². The molecule has 1 heterocycles. The maximum Gasteiger partial charge on any atom is 0.241 e. The number of rotatable bonds is 9. The lowest BCUT2D eigenvalue weighted by molar-refractivity contribution is -0.122. The number of hydrogen-bond donors (Lipinski definition) is 2. The van der Waals surface area contributed by atoms with Crippen LogP contribution in [0, 0.1) is 0 Å². The quantitative estimate of drug-likeness (QED) is 0.239.